The van der Waals surface area contributed by atoms with Gasteiger partial charge in [0.2, 0.25) is 0 Å². The molecule has 0 fully saturated rings. The van der Waals surface area contributed by atoms with E-state index in [-0.39, 0.29) is 0 Å². The maximum absolute atomic E-state index is 10.9. The third kappa shape index (κ3) is 2.13. The normalized spacial score (nSPS) is 10.1. The number of nitrogens with two attached hydrogens (primary N) is 2. The fourth-order valence-electron chi connectivity index (χ4n) is 1.75. The summed E-state index contributed by atoms with van der Waals surface area (Å²) >= 11 is 0. The van der Waals surface area contributed by atoms with Gasteiger partial charge in [0, 0.05) is 11.3 Å². The average molecular weight is 242 g/mol. The lowest BCUT2D eigenvalue weighted by Crippen LogP contribution is -1.94. The number of ether oxygens (including phenoxy) is 1. The van der Waals surface area contributed by atoms with Crippen LogP contribution in [0, 0.1) is 0 Å². The Kier molecular flexibility index (Phi) is 3.19. The van der Waals surface area contributed by atoms with Crippen molar-refractivity contribution < 1.29 is 9.53 Å². The van der Waals surface area contributed by atoms with E-state index >= 15 is 0 Å². The van der Waals surface area contributed by atoms with Crippen LogP contribution in [0.3, 0.4) is 0 Å². The third-order valence-corrected chi connectivity index (χ3v) is 2.78. The van der Waals surface area contributed by atoms with Gasteiger partial charge in [0.15, 0.2) is 6.29 Å². The van der Waals surface area contributed by atoms with Gasteiger partial charge >= 0.3 is 0 Å². The van der Waals surface area contributed by atoms with Gasteiger partial charge in [-0.15, -0.1) is 0 Å². The zero-order chi connectivity index (χ0) is 13.1. The topological polar surface area (TPSA) is 78.3 Å². The molecule has 0 atom stereocenters. The predicted molar refractivity (Wildman–Crippen MR) is 72.6 cm³/mol. The lowest BCUT2D eigenvalue weighted by Gasteiger charge is -2.09. The molecule has 92 valence electrons. The van der Waals surface area contributed by atoms with Crippen LogP contribution in [0.25, 0.3) is 11.1 Å². The van der Waals surface area contributed by atoms with Crippen LogP contribution in [0.5, 0.6) is 5.75 Å². The van der Waals surface area contributed by atoms with Crippen LogP contribution in [0.15, 0.2) is 36.4 Å². The maximum Gasteiger partial charge on any atom is 0.152 e. The SMILES string of the molecule is COc1cc(-c2ccc(N)c(C=O)c2)ccc1N. The molecule has 0 radical (unpaired) electrons. The Bertz CT molecular complexity index is 594. The molecule has 0 aliphatic rings. The Hall–Kier alpha value is -2.49. The molecule has 0 saturated carbocycles. The Morgan fingerprint density at radius 1 is 1.00 bits per heavy atom. The van der Waals surface area contributed by atoms with Crippen molar-refractivity contribution in [1.29, 1.82) is 0 Å². The molecule has 2 aromatic rings. The standard InChI is InChI=1S/C14H14N2O2/c1-18-14-7-10(3-5-13(14)16)9-2-4-12(15)11(6-9)8-17/h2-8H,15-16H2,1H3. The highest BCUT2D eigenvalue weighted by molar-refractivity contribution is 5.86. The first-order chi connectivity index (χ1) is 8.65. The Morgan fingerprint density at radius 3 is 2.22 bits per heavy atom. The van der Waals surface area contributed by atoms with Gasteiger partial charge in [0.1, 0.15) is 5.75 Å². The van der Waals surface area contributed by atoms with Crippen LogP contribution in [0.2, 0.25) is 0 Å². The Balaban J connectivity index is 2.51. The van der Waals surface area contributed by atoms with E-state index in [2.05, 4.69) is 0 Å². The molecule has 0 spiro atoms. The van der Waals surface area contributed by atoms with E-state index in [1.807, 2.05) is 18.2 Å². The second kappa shape index (κ2) is 4.79. The maximum atomic E-state index is 10.9. The molecule has 0 aliphatic heterocycles. The first-order valence-corrected chi connectivity index (χ1v) is 5.44. The smallest absolute Gasteiger partial charge is 0.152 e. The molecule has 2 rings (SSSR count). The predicted octanol–water partition coefficient (Wildman–Crippen LogP) is 2.34. The first-order valence-electron chi connectivity index (χ1n) is 5.44. The highest BCUT2D eigenvalue weighted by Gasteiger charge is 2.05. The van der Waals surface area contributed by atoms with Crippen molar-refractivity contribution in [3.63, 3.8) is 0 Å². The number of benzene rings is 2. The van der Waals surface area contributed by atoms with Crippen molar-refractivity contribution in [3.05, 3.63) is 42.0 Å². The number of rotatable bonds is 3. The molecule has 0 aliphatic carbocycles. The van der Waals surface area contributed by atoms with Gasteiger partial charge in [-0.25, -0.2) is 0 Å². The summed E-state index contributed by atoms with van der Waals surface area (Å²) in [4.78, 5) is 10.9. The second-order valence-corrected chi connectivity index (χ2v) is 3.92. The fraction of sp³-hybridized carbons (Fsp3) is 0.0714. The monoisotopic (exact) mass is 242 g/mol. The Morgan fingerprint density at radius 2 is 1.61 bits per heavy atom. The quantitative estimate of drug-likeness (QED) is 0.639. The molecule has 0 heterocycles. The minimum absolute atomic E-state index is 0.469. The van der Waals surface area contributed by atoms with Gasteiger partial charge in [-0.2, -0.15) is 0 Å². The molecule has 18 heavy (non-hydrogen) atoms. The van der Waals surface area contributed by atoms with Crippen LogP contribution in [0.1, 0.15) is 10.4 Å². The van der Waals surface area contributed by atoms with Gasteiger partial charge in [-0.1, -0.05) is 12.1 Å². The van der Waals surface area contributed by atoms with E-state index < -0.39 is 0 Å². The number of hydrogen-bond donors (Lipinski definition) is 2. The molecule has 4 nitrogen and oxygen atoms in total. The molecular weight excluding hydrogens is 228 g/mol. The molecule has 0 amide bonds. The number of aldehydes is 1. The minimum atomic E-state index is 0.469. The van der Waals surface area contributed by atoms with E-state index in [1.165, 1.54) is 0 Å². The molecule has 0 aromatic heterocycles. The van der Waals surface area contributed by atoms with Crippen LogP contribution in [0.4, 0.5) is 11.4 Å². The largest absolute Gasteiger partial charge is 0.495 e. The summed E-state index contributed by atoms with van der Waals surface area (Å²) in [7, 11) is 1.56. The average Bonchev–Trinajstić information content (AvgIpc) is 2.40. The lowest BCUT2D eigenvalue weighted by atomic mass is 10.0. The Labute approximate surface area is 105 Å². The van der Waals surface area contributed by atoms with Crippen molar-refractivity contribution in [2.75, 3.05) is 18.6 Å². The summed E-state index contributed by atoms with van der Waals surface area (Å²) in [5.74, 6) is 0.608. The molecule has 4 heteroatoms. The highest BCUT2D eigenvalue weighted by Crippen LogP contribution is 2.29. The summed E-state index contributed by atoms with van der Waals surface area (Å²) in [5, 5.41) is 0. The summed E-state index contributed by atoms with van der Waals surface area (Å²) in [6.07, 6.45) is 0.743. The van der Waals surface area contributed by atoms with E-state index in [1.54, 1.807) is 25.3 Å². The number of anilines is 2. The van der Waals surface area contributed by atoms with Crippen LogP contribution < -0.4 is 16.2 Å². The molecular formula is C14H14N2O2. The third-order valence-electron chi connectivity index (χ3n) is 2.78. The second-order valence-electron chi connectivity index (χ2n) is 3.92. The van der Waals surface area contributed by atoms with Crippen molar-refractivity contribution in [2.24, 2.45) is 0 Å². The van der Waals surface area contributed by atoms with E-state index in [0.717, 1.165) is 17.4 Å². The van der Waals surface area contributed by atoms with Gasteiger partial charge in [0.05, 0.1) is 12.8 Å². The summed E-state index contributed by atoms with van der Waals surface area (Å²) < 4.78 is 5.17. The van der Waals surface area contributed by atoms with Gasteiger partial charge in [0.25, 0.3) is 0 Å². The number of carbonyl (C=O) groups excluding carboxylic acids is 1. The van der Waals surface area contributed by atoms with Crippen molar-refractivity contribution in [1.82, 2.24) is 0 Å². The number of hydrogen-bond acceptors (Lipinski definition) is 4. The van der Waals surface area contributed by atoms with E-state index in [9.17, 15) is 4.79 Å². The van der Waals surface area contributed by atoms with Crippen molar-refractivity contribution in [2.45, 2.75) is 0 Å². The number of carbonyl (C=O) groups is 1. The summed E-state index contributed by atoms with van der Waals surface area (Å²) in [6.45, 7) is 0. The van der Waals surface area contributed by atoms with Gasteiger partial charge in [-0.05, 0) is 35.4 Å². The van der Waals surface area contributed by atoms with Gasteiger partial charge < -0.3 is 16.2 Å². The zero-order valence-corrected chi connectivity index (χ0v) is 10.0. The van der Waals surface area contributed by atoms with Gasteiger partial charge in [-0.3, -0.25) is 4.79 Å². The molecule has 2 aromatic carbocycles. The van der Waals surface area contributed by atoms with Crippen LogP contribution >= 0.6 is 0 Å². The molecule has 0 saturated heterocycles. The number of methoxy groups -OCH3 is 1. The van der Waals surface area contributed by atoms with E-state index in [0.29, 0.717) is 22.7 Å². The van der Waals surface area contributed by atoms with Crippen molar-refractivity contribution in [3.8, 4) is 16.9 Å². The summed E-state index contributed by atoms with van der Waals surface area (Å²) in [6, 6.07) is 10.8. The zero-order valence-electron chi connectivity index (χ0n) is 10.0. The molecule has 4 N–H and O–H groups in total. The molecule has 0 unspecified atom stereocenters. The fourth-order valence-corrected chi connectivity index (χ4v) is 1.75. The van der Waals surface area contributed by atoms with Crippen LogP contribution in [-0.2, 0) is 0 Å². The molecule has 0 bridgehead atoms. The minimum Gasteiger partial charge on any atom is -0.495 e. The highest BCUT2D eigenvalue weighted by atomic mass is 16.5. The summed E-state index contributed by atoms with van der Waals surface area (Å²) in [5.41, 5.74) is 14.8. The number of nitrogen functional groups attached to an aromatic ring is 2. The van der Waals surface area contributed by atoms with Crippen molar-refractivity contribution >= 4 is 17.7 Å². The first kappa shape index (κ1) is 12.0. The van der Waals surface area contributed by atoms with E-state index in [4.69, 9.17) is 16.2 Å². The van der Waals surface area contributed by atoms with Crippen LogP contribution in [-0.4, -0.2) is 13.4 Å². The lowest BCUT2D eigenvalue weighted by molar-refractivity contribution is 0.112.